The molecule has 0 spiro atoms. The van der Waals surface area contributed by atoms with E-state index < -0.39 is 59.9 Å². The Hall–Kier alpha value is -2.99. The van der Waals surface area contributed by atoms with Gasteiger partial charge in [-0.2, -0.15) is 5.26 Å². The zero-order valence-electron chi connectivity index (χ0n) is 36.9. The summed E-state index contributed by atoms with van der Waals surface area (Å²) in [6.07, 6.45) is 5.73. The van der Waals surface area contributed by atoms with Crippen molar-refractivity contribution < 1.29 is 54.1 Å². The Morgan fingerprint density at radius 3 is 2.34 bits per heavy atom. The molecular formula is C43H73N7O11. The van der Waals surface area contributed by atoms with Gasteiger partial charge in [-0.05, 0) is 96.9 Å². The fourth-order valence-corrected chi connectivity index (χ4v) is 10.3. The van der Waals surface area contributed by atoms with Crippen molar-refractivity contribution >= 4 is 12.0 Å². The van der Waals surface area contributed by atoms with E-state index in [0.29, 0.717) is 89.6 Å². The van der Waals surface area contributed by atoms with Crippen molar-refractivity contribution in [1.29, 1.82) is 5.26 Å². The van der Waals surface area contributed by atoms with E-state index in [0.717, 1.165) is 64.2 Å². The van der Waals surface area contributed by atoms with Crippen LogP contribution in [0, 0.1) is 23.2 Å². The first-order valence-corrected chi connectivity index (χ1v) is 22.5. The summed E-state index contributed by atoms with van der Waals surface area (Å²) in [6.45, 7) is 10.7. The molecule has 61 heavy (non-hydrogen) atoms. The molecule has 4 bridgehead atoms. The number of likely N-dealkylation sites (tertiary alicyclic amines) is 1. The summed E-state index contributed by atoms with van der Waals surface area (Å²) in [5.74, 6) is 0.556. The van der Waals surface area contributed by atoms with Gasteiger partial charge in [0, 0.05) is 25.8 Å². The highest BCUT2D eigenvalue weighted by Gasteiger charge is 2.62. The van der Waals surface area contributed by atoms with Gasteiger partial charge in [0.2, 0.25) is 5.91 Å². The van der Waals surface area contributed by atoms with Crippen LogP contribution < -0.4 is 0 Å². The molecule has 0 radical (unpaired) electrons. The number of aliphatic hydroxyl groups excluding tert-OH is 5. The minimum absolute atomic E-state index is 0.0332. The number of nitriles is 1. The third kappa shape index (κ3) is 13.8. The summed E-state index contributed by atoms with van der Waals surface area (Å²) in [5, 5.41) is 68.0. The van der Waals surface area contributed by atoms with Crippen molar-refractivity contribution in [2.75, 3.05) is 65.8 Å². The number of carbonyl (C=O) groups excluding carboxylic acids is 2. The molecule has 6 rings (SSSR count). The molecule has 5 fully saturated rings. The number of hydrogen-bond acceptors (Lipinski definition) is 15. The summed E-state index contributed by atoms with van der Waals surface area (Å²) < 4.78 is 26.0. The number of amides is 2. The van der Waals surface area contributed by atoms with Gasteiger partial charge in [0.05, 0.1) is 75.2 Å². The topological polar surface area (TPSA) is 236 Å². The molecule has 2 amide bonds. The summed E-state index contributed by atoms with van der Waals surface area (Å²) in [6, 6.07) is 1.79. The Morgan fingerprint density at radius 1 is 0.984 bits per heavy atom. The zero-order valence-corrected chi connectivity index (χ0v) is 36.9. The SMILES string of the molecule is CCCCCCN(Cc1cn(CCOCCOCCOC23CC4CC(C2)CC(N(CC(=O)N2CCC[C@H]2C#N)C(=O)OC(C)(C)C)(C4)C3)nn1)C[C@H](O)[C@@H](O)[C@H](O)[C@H](O)CO. The van der Waals surface area contributed by atoms with Crippen molar-refractivity contribution in [2.45, 2.75) is 165 Å². The zero-order chi connectivity index (χ0) is 44.2. The van der Waals surface area contributed by atoms with E-state index in [1.807, 2.05) is 25.7 Å². The van der Waals surface area contributed by atoms with E-state index in [4.69, 9.17) is 24.1 Å². The molecule has 4 saturated carbocycles. The Bertz CT molecular complexity index is 1560. The molecule has 18 nitrogen and oxygen atoms in total. The normalized spacial score (nSPS) is 26.6. The third-order valence-electron chi connectivity index (χ3n) is 12.7. The second-order valence-corrected chi connectivity index (χ2v) is 18.9. The largest absolute Gasteiger partial charge is 0.444 e. The minimum Gasteiger partial charge on any atom is -0.444 e. The Labute approximate surface area is 361 Å². The Balaban J connectivity index is 1.05. The molecule has 2 heterocycles. The second-order valence-electron chi connectivity index (χ2n) is 18.9. The number of hydrogen-bond donors (Lipinski definition) is 5. The third-order valence-corrected chi connectivity index (χ3v) is 12.7. The number of carbonyl (C=O) groups is 2. The molecule has 5 N–H and O–H groups in total. The van der Waals surface area contributed by atoms with Gasteiger partial charge in [0.25, 0.3) is 0 Å². The number of rotatable bonds is 26. The van der Waals surface area contributed by atoms with Crippen molar-refractivity contribution in [3.05, 3.63) is 11.9 Å². The highest BCUT2D eigenvalue weighted by molar-refractivity contribution is 5.83. The lowest BCUT2D eigenvalue weighted by Gasteiger charge is -2.64. The van der Waals surface area contributed by atoms with E-state index in [9.17, 15) is 35.3 Å². The number of nitrogens with zero attached hydrogens (tertiary/aromatic N) is 7. The fourth-order valence-electron chi connectivity index (χ4n) is 10.3. The minimum atomic E-state index is -1.68. The van der Waals surface area contributed by atoms with Crippen LogP contribution in [0.15, 0.2) is 6.20 Å². The lowest BCUT2D eigenvalue weighted by Crippen LogP contribution is -2.68. The molecule has 1 aromatic rings. The predicted molar refractivity (Wildman–Crippen MR) is 222 cm³/mol. The molecule has 1 saturated heterocycles. The monoisotopic (exact) mass is 864 g/mol. The van der Waals surface area contributed by atoms with E-state index in [1.54, 1.807) is 20.7 Å². The van der Waals surface area contributed by atoms with Crippen molar-refractivity contribution in [1.82, 2.24) is 29.7 Å². The second kappa shape index (κ2) is 22.6. The van der Waals surface area contributed by atoms with Crippen LogP contribution in [0.1, 0.15) is 110 Å². The van der Waals surface area contributed by atoms with E-state index in [-0.39, 0.29) is 19.0 Å². The van der Waals surface area contributed by atoms with Crippen molar-refractivity contribution in [2.24, 2.45) is 11.8 Å². The van der Waals surface area contributed by atoms with Crippen LogP contribution in [-0.4, -0.2) is 180 Å². The van der Waals surface area contributed by atoms with Gasteiger partial charge in [-0.1, -0.05) is 31.4 Å². The fraction of sp³-hybridized carbons (Fsp3) is 0.884. The van der Waals surface area contributed by atoms with E-state index >= 15 is 0 Å². The number of aromatic nitrogens is 3. The van der Waals surface area contributed by atoms with Crippen LogP contribution in [0.5, 0.6) is 0 Å². The number of unbranched alkanes of at least 4 members (excludes halogenated alkanes) is 3. The first kappa shape index (κ1) is 49.0. The van der Waals surface area contributed by atoms with Crippen LogP contribution in [0.25, 0.3) is 0 Å². The average molecular weight is 864 g/mol. The molecule has 2 unspecified atom stereocenters. The maximum Gasteiger partial charge on any atom is 0.411 e. The lowest BCUT2D eigenvalue weighted by atomic mass is 9.50. The van der Waals surface area contributed by atoms with Crippen LogP contribution in [0.4, 0.5) is 4.79 Å². The van der Waals surface area contributed by atoms with Crippen LogP contribution >= 0.6 is 0 Å². The highest BCUT2D eigenvalue weighted by Crippen LogP contribution is 2.61. The number of ether oxygens (including phenoxy) is 4. The quantitative estimate of drug-likeness (QED) is 0.0838. The summed E-state index contributed by atoms with van der Waals surface area (Å²) >= 11 is 0. The molecule has 0 aromatic carbocycles. The Morgan fingerprint density at radius 2 is 1.67 bits per heavy atom. The first-order chi connectivity index (χ1) is 29.1. The molecule has 5 aliphatic rings. The smallest absolute Gasteiger partial charge is 0.411 e. The lowest BCUT2D eigenvalue weighted by molar-refractivity contribution is -0.202. The van der Waals surface area contributed by atoms with Crippen molar-refractivity contribution in [3.63, 3.8) is 0 Å². The molecule has 7 atom stereocenters. The number of aliphatic hydroxyl groups is 5. The molecule has 1 aromatic heterocycles. The van der Waals surface area contributed by atoms with Gasteiger partial charge in [-0.3, -0.25) is 14.6 Å². The molecule has 346 valence electrons. The Kier molecular flexibility index (Phi) is 18.1. The highest BCUT2D eigenvalue weighted by atomic mass is 16.6. The van der Waals surface area contributed by atoms with E-state index in [2.05, 4.69) is 23.3 Å². The van der Waals surface area contributed by atoms with Crippen LogP contribution in [-0.2, 0) is 36.8 Å². The van der Waals surface area contributed by atoms with Gasteiger partial charge in [0.1, 0.15) is 36.5 Å². The van der Waals surface area contributed by atoms with Gasteiger partial charge < -0.3 is 49.4 Å². The van der Waals surface area contributed by atoms with Crippen LogP contribution in [0.3, 0.4) is 0 Å². The summed E-state index contributed by atoms with van der Waals surface area (Å²) in [4.78, 5) is 32.8. The van der Waals surface area contributed by atoms with Gasteiger partial charge in [-0.25, -0.2) is 9.48 Å². The first-order valence-electron chi connectivity index (χ1n) is 22.5. The summed E-state index contributed by atoms with van der Waals surface area (Å²) in [5.41, 5.74) is -1.02. The van der Waals surface area contributed by atoms with Gasteiger partial charge in [0.15, 0.2) is 0 Å². The van der Waals surface area contributed by atoms with Crippen LogP contribution in [0.2, 0.25) is 0 Å². The van der Waals surface area contributed by atoms with Gasteiger partial charge >= 0.3 is 6.09 Å². The molecule has 18 heteroatoms. The molecule has 1 aliphatic heterocycles. The maximum absolute atomic E-state index is 13.9. The van der Waals surface area contributed by atoms with Crippen molar-refractivity contribution in [3.8, 4) is 6.07 Å². The molecule has 4 aliphatic carbocycles. The predicted octanol–water partition coefficient (Wildman–Crippen LogP) is 1.99. The van der Waals surface area contributed by atoms with E-state index in [1.165, 1.54) is 0 Å². The average Bonchev–Trinajstić information content (AvgIpc) is 3.88. The van der Waals surface area contributed by atoms with Gasteiger partial charge in [-0.15, -0.1) is 5.10 Å². The standard InChI is InChI=1S/C43H73N7O11/c1-5-6-7-8-11-47(27-35(52)38(55)39(56)36(53)29-51)25-33-26-48(46-45-33)13-14-58-15-16-59-17-18-60-43-22-31-19-32(23-43)21-42(20-31,30-43)50(40(57)61-41(2,3)4)28-37(54)49-12-9-10-34(49)24-44/h26,31-32,34-36,38-39,51-53,55-56H,5-23,25,27-30H2,1-4H3/t31?,32?,34-,35-,36+,38+,39+,42?,43?/m0/s1. The maximum atomic E-state index is 13.9. The summed E-state index contributed by atoms with van der Waals surface area (Å²) in [7, 11) is 0. The molecular weight excluding hydrogens is 791 g/mol.